The lowest BCUT2D eigenvalue weighted by atomic mass is 9.97. The van der Waals surface area contributed by atoms with Crippen LogP contribution >= 0.6 is 0 Å². The molecular formula is C23H21F2N3O3. The van der Waals surface area contributed by atoms with Gasteiger partial charge in [0.15, 0.2) is 17.3 Å². The van der Waals surface area contributed by atoms with E-state index in [0.717, 1.165) is 17.7 Å². The van der Waals surface area contributed by atoms with Crippen LogP contribution in [0.1, 0.15) is 35.7 Å². The molecule has 0 bridgehead atoms. The summed E-state index contributed by atoms with van der Waals surface area (Å²) in [5, 5.41) is 10.3. The van der Waals surface area contributed by atoms with Gasteiger partial charge in [-0.1, -0.05) is 30.3 Å². The van der Waals surface area contributed by atoms with Crippen LogP contribution in [0.5, 0.6) is 5.75 Å². The highest BCUT2D eigenvalue weighted by atomic mass is 19.2. The van der Waals surface area contributed by atoms with Crippen LogP contribution in [-0.2, 0) is 13.0 Å². The Labute approximate surface area is 177 Å². The summed E-state index contributed by atoms with van der Waals surface area (Å²) in [4.78, 5) is 30.8. The quantitative estimate of drug-likeness (QED) is 0.696. The molecule has 0 atom stereocenters. The normalized spacial score (nSPS) is 13.6. The van der Waals surface area contributed by atoms with Gasteiger partial charge in [0.05, 0.1) is 0 Å². The highest BCUT2D eigenvalue weighted by Gasteiger charge is 2.32. The van der Waals surface area contributed by atoms with Crippen LogP contribution < -0.4 is 5.56 Å². The fourth-order valence-corrected chi connectivity index (χ4v) is 3.91. The van der Waals surface area contributed by atoms with Gasteiger partial charge in [0.25, 0.3) is 5.91 Å². The van der Waals surface area contributed by atoms with E-state index < -0.39 is 28.9 Å². The van der Waals surface area contributed by atoms with E-state index in [1.54, 1.807) is 33.7 Å². The molecule has 2 aromatic carbocycles. The molecule has 1 aliphatic rings. The zero-order valence-corrected chi connectivity index (χ0v) is 17.1. The van der Waals surface area contributed by atoms with Gasteiger partial charge >= 0.3 is 5.56 Å². The first-order chi connectivity index (χ1) is 14.8. The minimum Gasteiger partial charge on any atom is -0.501 e. The molecule has 160 valence electrons. The molecule has 8 heteroatoms. The van der Waals surface area contributed by atoms with Crippen LogP contribution in [0, 0.1) is 11.6 Å². The number of hydrogen-bond donors (Lipinski definition) is 1. The number of aromatic nitrogens is 2. The Balaban J connectivity index is 1.81. The number of halogens is 2. The average Bonchev–Trinajstić information content (AvgIpc) is 2.74. The van der Waals surface area contributed by atoms with Crippen LogP contribution in [0.15, 0.2) is 47.3 Å². The van der Waals surface area contributed by atoms with E-state index >= 15 is 0 Å². The molecule has 4 rings (SSSR count). The van der Waals surface area contributed by atoms with Crippen molar-refractivity contribution in [2.24, 2.45) is 0 Å². The smallest absolute Gasteiger partial charge is 0.315 e. The standard InChI is InChI=1S/C23H21F2N3O3/c1-13(2)27-9-10-28-19(26-22(30)21(29)20(28)23(27)31)12-14-5-3-4-6-16(14)15-7-8-17(24)18(25)11-15/h3-8,11,13,29H,9-10,12H2,1-2H3. The van der Waals surface area contributed by atoms with Crippen molar-refractivity contribution in [3.8, 4) is 16.9 Å². The van der Waals surface area contributed by atoms with Gasteiger partial charge in [-0.3, -0.25) is 9.59 Å². The number of carbonyl (C=O) groups excluding carboxylic acids is 1. The summed E-state index contributed by atoms with van der Waals surface area (Å²) in [6.45, 7) is 4.53. The molecule has 1 amide bonds. The second-order valence-electron chi connectivity index (χ2n) is 7.74. The number of rotatable bonds is 4. The maximum Gasteiger partial charge on any atom is 0.315 e. The maximum atomic E-state index is 13.8. The topological polar surface area (TPSA) is 75.4 Å². The number of carbonyl (C=O) groups is 1. The molecular weight excluding hydrogens is 404 g/mol. The van der Waals surface area contributed by atoms with E-state index in [0.29, 0.717) is 30.0 Å². The third kappa shape index (κ3) is 3.69. The summed E-state index contributed by atoms with van der Waals surface area (Å²) < 4.78 is 28.7. The molecule has 2 heterocycles. The molecule has 0 fully saturated rings. The minimum absolute atomic E-state index is 0.0692. The van der Waals surface area contributed by atoms with Crippen LogP contribution in [0.2, 0.25) is 0 Å². The van der Waals surface area contributed by atoms with Crippen molar-refractivity contribution in [1.29, 1.82) is 0 Å². The number of nitrogens with zero attached hydrogens (tertiary/aromatic N) is 3. The fraction of sp³-hybridized carbons (Fsp3) is 0.261. The van der Waals surface area contributed by atoms with Gasteiger partial charge in [-0.25, -0.2) is 8.78 Å². The molecule has 0 radical (unpaired) electrons. The average molecular weight is 425 g/mol. The van der Waals surface area contributed by atoms with E-state index in [9.17, 15) is 23.5 Å². The van der Waals surface area contributed by atoms with Crippen molar-refractivity contribution in [2.75, 3.05) is 6.54 Å². The second-order valence-corrected chi connectivity index (χ2v) is 7.74. The summed E-state index contributed by atoms with van der Waals surface area (Å²) in [6, 6.07) is 10.7. The summed E-state index contributed by atoms with van der Waals surface area (Å²) in [5.74, 6) is -2.65. The number of benzene rings is 2. The second kappa shape index (κ2) is 7.94. The van der Waals surface area contributed by atoms with Gasteiger partial charge < -0.3 is 14.6 Å². The Morgan fingerprint density at radius 2 is 1.81 bits per heavy atom. The molecule has 6 nitrogen and oxygen atoms in total. The van der Waals surface area contributed by atoms with Gasteiger partial charge in [0.1, 0.15) is 5.82 Å². The Bertz CT molecular complexity index is 1240. The largest absolute Gasteiger partial charge is 0.501 e. The molecule has 0 saturated carbocycles. The molecule has 31 heavy (non-hydrogen) atoms. The van der Waals surface area contributed by atoms with E-state index in [2.05, 4.69) is 4.98 Å². The van der Waals surface area contributed by atoms with E-state index in [4.69, 9.17) is 0 Å². The van der Waals surface area contributed by atoms with Crippen LogP contribution in [0.3, 0.4) is 0 Å². The fourth-order valence-electron chi connectivity index (χ4n) is 3.91. The first kappa shape index (κ1) is 20.7. The van der Waals surface area contributed by atoms with Crippen molar-refractivity contribution in [1.82, 2.24) is 14.5 Å². The number of fused-ring (bicyclic) bond motifs is 1. The maximum absolute atomic E-state index is 13.8. The van der Waals surface area contributed by atoms with Gasteiger partial charge in [-0.2, -0.15) is 4.98 Å². The molecule has 1 aliphatic heterocycles. The highest BCUT2D eigenvalue weighted by molar-refractivity contribution is 5.95. The molecule has 1 aromatic heterocycles. The first-order valence-corrected chi connectivity index (χ1v) is 9.95. The summed E-state index contributed by atoms with van der Waals surface area (Å²) in [7, 11) is 0. The van der Waals surface area contributed by atoms with E-state index in [-0.39, 0.29) is 18.2 Å². The highest BCUT2D eigenvalue weighted by Crippen LogP contribution is 2.28. The Morgan fingerprint density at radius 3 is 2.52 bits per heavy atom. The lowest BCUT2D eigenvalue weighted by molar-refractivity contribution is 0.0638. The Hall–Kier alpha value is -3.55. The van der Waals surface area contributed by atoms with Gasteiger partial charge in [0.2, 0.25) is 5.75 Å². The zero-order chi connectivity index (χ0) is 22.3. The van der Waals surface area contributed by atoms with Crippen molar-refractivity contribution >= 4 is 5.91 Å². The van der Waals surface area contributed by atoms with Gasteiger partial charge in [-0.05, 0) is 42.7 Å². The van der Waals surface area contributed by atoms with Crippen molar-refractivity contribution in [3.63, 3.8) is 0 Å². The van der Waals surface area contributed by atoms with E-state index in [1.807, 2.05) is 13.8 Å². The SMILES string of the molecule is CC(C)N1CCn2c(Cc3ccccc3-c3ccc(F)c(F)c3)nc(=O)c(O)c2C1=O. The lowest BCUT2D eigenvalue weighted by Crippen LogP contribution is -2.46. The van der Waals surface area contributed by atoms with Crippen molar-refractivity contribution < 1.29 is 18.7 Å². The monoisotopic (exact) mass is 425 g/mol. The number of amides is 1. The molecule has 3 aromatic rings. The van der Waals surface area contributed by atoms with Gasteiger partial charge in [0, 0.05) is 25.6 Å². The summed E-state index contributed by atoms with van der Waals surface area (Å²) in [6.07, 6.45) is 0.173. The first-order valence-electron chi connectivity index (χ1n) is 9.95. The lowest BCUT2D eigenvalue weighted by Gasteiger charge is -2.34. The number of aromatic hydroxyl groups is 1. The Morgan fingerprint density at radius 1 is 1.06 bits per heavy atom. The van der Waals surface area contributed by atoms with Crippen LogP contribution in [-0.4, -0.2) is 38.1 Å². The van der Waals surface area contributed by atoms with Crippen LogP contribution in [0.25, 0.3) is 11.1 Å². The summed E-state index contributed by atoms with van der Waals surface area (Å²) in [5.41, 5.74) is 0.922. The third-order valence-corrected chi connectivity index (χ3v) is 5.49. The third-order valence-electron chi connectivity index (χ3n) is 5.49. The Kier molecular flexibility index (Phi) is 5.31. The predicted molar refractivity (Wildman–Crippen MR) is 111 cm³/mol. The molecule has 0 aliphatic carbocycles. The predicted octanol–water partition coefficient (Wildman–Crippen LogP) is 3.35. The van der Waals surface area contributed by atoms with Gasteiger partial charge in [-0.15, -0.1) is 0 Å². The van der Waals surface area contributed by atoms with Crippen LogP contribution in [0.4, 0.5) is 8.78 Å². The van der Waals surface area contributed by atoms with E-state index in [1.165, 1.54) is 6.07 Å². The molecule has 0 spiro atoms. The molecule has 0 unspecified atom stereocenters. The number of hydrogen-bond acceptors (Lipinski definition) is 4. The minimum atomic E-state index is -0.956. The van der Waals surface area contributed by atoms with Crippen molar-refractivity contribution in [3.05, 3.63) is 81.5 Å². The van der Waals surface area contributed by atoms with Crippen molar-refractivity contribution in [2.45, 2.75) is 32.9 Å². The molecule has 0 saturated heterocycles. The zero-order valence-electron chi connectivity index (χ0n) is 17.1. The summed E-state index contributed by atoms with van der Waals surface area (Å²) >= 11 is 0. The molecule has 1 N–H and O–H groups in total.